The Kier molecular flexibility index (Phi) is 6.78. The van der Waals surface area contributed by atoms with Gasteiger partial charge in [0.05, 0.1) is 13.2 Å². The molecular weight excluding hydrogens is 342 g/mol. The number of benzene rings is 1. The Morgan fingerprint density at radius 3 is 2.80 bits per heavy atom. The summed E-state index contributed by atoms with van der Waals surface area (Å²) in [5, 5.41) is 4.36. The van der Waals surface area contributed by atoms with Crippen molar-refractivity contribution >= 4 is 27.5 Å². The van der Waals surface area contributed by atoms with Crippen LogP contribution in [0.15, 0.2) is 22.7 Å². The van der Waals surface area contributed by atoms with Crippen molar-refractivity contribution < 1.29 is 9.47 Å². The first kappa shape index (κ1) is 16.2. The Morgan fingerprint density at radius 1 is 1.40 bits per heavy atom. The van der Waals surface area contributed by atoms with Crippen LogP contribution in [-0.4, -0.2) is 32.1 Å². The minimum Gasteiger partial charge on any atom is -0.350 e. The van der Waals surface area contributed by atoms with E-state index in [9.17, 15) is 0 Å². The van der Waals surface area contributed by atoms with Crippen LogP contribution in [0.3, 0.4) is 0 Å². The van der Waals surface area contributed by atoms with Crippen molar-refractivity contribution in [2.45, 2.75) is 38.5 Å². The molecule has 5 heteroatoms. The number of hydrogen-bond donors (Lipinski definition) is 1. The van der Waals surface area contributed by atoms with E-state index in [1.54, 1.807) is 0 Å². The summed E-state index contributed by atoms with van der Waals surface area (Å²) < 4.78 is 12.1. The van der Waals surface area contributed by atoms with Gasteiger partial charge in [-0.25, -0.2) is 0 Å². The smallest absolute Gasteiger partial charge is 0.159 e. The largest absolute Gasteiger partial charge is 0.350 e. The Balaban J connectivity index is 1.97. The summed E-state index contributed by atoms with van der Waals surface area (Å²) in [6.07, 6.45) is 2.76. The molecule has 20 heavy (non-hydrogen) atoms. The Labute approximate surface area is 134 Å². The van der Waals surface area contributed by atoms with Crippen molar-refractivity contribution in [1.82, 2.24) is 5.32 Å². The maximum absolute atomic E-state index is 6.30. The van der Waals surface area contributed by atoms with Gasteiger partial charge in [-0.1, -0.05) is 40.5 Å². The molecule has 1 aromatic carbocycles. The normalized spacial score (nSPS) is 17.6. The van der Waals surface area contributed by atoms with Crippen LogP contribution in [0.4, 0.5) is 0 Å². The average molecular weight is 363 g/mol. The molecule has 0 amide bonds. The van der Waals surface area contributed by atoms with Crippen LogP contribution >= 0.6 is 27.5 Å². The molecule has 1 aliphatic heterocycles. The number of nitrogens with one attached hydrogen (secondary N) is 1. The van der Waals surface area contributed by atoms with E-state index in [1.807, 2.05) is 12.1 Å². The lowest BCUT2D eigenvalue weighted by molar-refractivity contribution is -0.0526. The molecule has 1 N–H and O–H groups in total. The SMILES string of the molecule is CCCNC(Cc1ccc(Br)cc1Cl)CC1OCCO1. The molecule has 0 aromatic heterocycles. The molecule has 112 valence electrons. The minimum atomic E-state index is -0.0846. The summed E-state index contributed by atoms with van der Waals surface area (Å²) >= 11 is 9.74. The summed E-state index contributed by atoms with van der Waals surface area (Å²) in [7, 11) is 0. The van der Waals surface area contributed by atoms with Gasteiger partial charge in [-0.05, 0) is 37.1 Å². The van der Waals surface area contributed by atoms with Gasteiger partial charge in [0, 0.05) is 22.0 Å². The second kappa shape index (κ2) is 8.35. The molecular formula is C15H21BrClNO2. The highest BCUT2D eigenvalue weighted by Gasteiger charge is 2.22. The van der Waals surface area contributed by atoms with Crippen molar-refractivity contribution in [1.29, 1.82) is 0 Å². The Bertz CT molecular complexity index is 424. The van der Waals surface area contributed by atoms with Crippen molar-refractivity contribution in [3.63, 3.8) is 0 Å². The predicted octanol–water partition coefficient (Wildman–Crippen LogP) is 3.78. The third kappa shape index (κ3) is 5.01. The molecule has 3 nitrogen and oxygen atoms in total. The van der Waals surface area contributed by atoms with E-state index in [0.29, 0.717) is 19.3 Å². The van der Waals surface area contributed by atoms with Gasteiger partial charge in [0.2, 0.25) is 0 Å². The number of rotatable bonds is 7. The van der Waals surface area contributed by atoms with E-state index in [-0.39, 0.29) is 6.29 Å². The first-order chi connectivity index (χ1) is 9.69. The molecule has 0 aliphatic carbocycles. The van der Waals surface area contributed by atoms with Gasteiger partial charge in [0.25, 0.3) is 0 Å². The van der Waals surface area contributed by atoms with Crippen LogP contribution in [0.1, 0.15) is 25.3 Å². The predicted molar refractivity (Wildman–Crippen MR) is 85.2 cm³/mol. The zero-order chi connectivity index (χ0) is 14.4. The lowest BCUT2D eigenvalue weighted by Gasteiger charge is -2.22. The van der Waals surface area contributed by atoms with Crippen molar-refractivity contribution in [3.8, 4) is 0 Å². The van der Waals surface area contributed by atoms with E-state index in [4.69, 9.17) is 21.1 Å². The molecule has 2 rings (SSSR count). The molecule has 1 heterocycles. The molecule has 0 radical (unpaired) electrons. The zero-order valence-corrected chi connectivity index (χ0v) is 14.0. The third-order valence-corrected chi connectivity index (χ3v) is 4.18. The molecule has 1 unspecified atom stereocenters. The van der Waals surface area contributed by atoms with Gasteiger partial charge in [0.1, 0.15) is 0 Å². The van der Waals surface area contributed by atoms with E-state index < -0.39 is 0 Å². The van der Waals surface area contributed by atoms with Gasteiger partial charge in [-0.15, -0.1) is 0 Å². The third-order valence-electron chi connectivity index (χ3n) is 3.33. The average Bonchev–Trinajstić information content (AvgIpc) is 2.92. The van der Waals surface area contributed by atoms with E-state index in [0.717, 1.165) is 40.9 Å². The highest BCUT2D eigenvalue weighted by molar-refractivity contribution is 9.10. The van der Waals surface area contributed by atoms with Crippen LogP contribution in [-0.2, 0) is 15.9 Å². The van der Waals surface area contributed by atoms with E-state index >= 15 is 0 Å². The number of halogens is 2. The first-order valence-electron chi connectivity index (χ1n) is 7.09. The van der Waals surface area contributed by atoms with Crippen LogP contribution in [0, 0.1) is 0 Å². The van der Waals surface area contributed by atoms with Gasteiger partial charge in [-0.3, -0.25) is 0 Å². The fourth-order valence-corrected chi connectivity index (χ4v) is 3.07. The van der Waals surface area contributed by atoms with Gasteiger partial charge in [0.15, 0.2) is 6.29 Å². The quantitative estimate of drug-likeness (QED) is 0.801. The molecule has 1 aromatic rings. The first-order valence-corrected chi connectivity index (χ1v) is 8.26. The topological polar surface area (TPSA) is 30.5 Å². The Morgan fingerprint density at radius 2 is 2.15 bits per heavy atom. The minimum absolute atomic E-state index is 0.0846. The second-order valence-corrected chi connectivity index (χ2v) is 6.32. The highest BCUT2D eigenvalue weighted by Crippen LogP contribution is 2.24. The molecule has 1 fully saturated rings. The van der Waals surface area contributed by atoms with Gasteiger partial charge in [-0.2, -0.15) is 0 Å². The van der Waals surface area contributed by atoms with Crippen LogP contribution in [0.2, 0.25) is 5.02 Å². The fourth-order valence-electron chi connectivity index (χ4n) is 2.32. The maximum Gasteiger partial charge on any atom is 0.159 e. The molecule has 0 saturated carbocycles. The fraction of sp³-hybridized carbons (Fsp3) is 0.600. The standard InChI is InChI=1S/C15H21BrClNO2/c1-2-5-18-13(10-15-19-6-7-20-15)8-11-3-4-12(16)9-14(11)17/h3-4,9,13,15,18H,2,5-8,10H2,1H3. The monoisotopic (exact) mass is 361 g/mol. The van der Waals surface area contributed by atoms with Gasteiger partial charge >= 0.3 is 0 Å². The lowest BCUT2D eigenvalue weighted by Crippen LogP contribution is -2.35. The van der Waals surface area contributed by atoms with E-state index in [1.165, 1.54) is 0 Å². The van der Waals surface area contributed by atoms with Crippen molar-refractivity contribution in [2.24, 2.45) is 0 Å². The van der Waals surface area contributed by atoms with Gasteiger partial charge < -0.3 is 14.8 Å². The molecule has 1 aliphatic rings. The maximum atomic E-state index is 6.30. The Hall–Kier alpha value is -0.130. The molecule has 1 atom stereocenters. The number of ether oxygens (including phenoxy) is 2. The van der Waals surface area contributed by atoms with Crippen molar-refractivity contribution in [2.75, 3.05) is 19.8 Å². The van der Waals surface area contributed by atoms with Crippen LogP contribution < -0.4 is 5.32 Å². The molecule has 0 bridgehead atoms. The summed E-state index contributed by atoms with van der Waals surface area (Å²) in [5.41, 5.74) is 1.15. The zero-order valence-electron chi connectivity index (χ0n) is 11.7. The summed E-state index contributed by atoms with van der Waals surface area (Å²) in [6.45, 7) is 4.55. The lowest BCUT2D eigenvalue weighted by atomic mass is 10.0. The van der Waals surface area contributed by atoms with Crippen molar-refractivity contribution in [3.05, 3.63) is 33.3 Å². The highest BCUT2D eigenvalue weighted by atomic mass is 79.9. The summed E-state index contributed by atoms with van der Waals surface area (Å²) in [6, 6.07) is 6.36. The summed E-state index contributed by atoms with van der Waals surface area (Å²) in [4.78, 5) is 0. The van der Waals surface area contributed by atoms with Crippen LogP contribution in [0.25, 0.3) is 0 Å². The second-order valence-electron chi connectivity index (χ2n) is 5.00. The molecule has 0 spiro atoms. The molecule has 1 saturated heterocycles. The van der Waals surface area contributed by atoms with E-state index in [2.05, 4.69) is 34.2 Å². The number of hydrogen-bond acceptors (Lipinski definition) is 3. The van der Waals surface area contributed by atoms with Crippen LogP contribution in [0.5, 0.6) is 0 Å². The summed E-state index contributed by atoms with van der Waals surface area (Å²) in [5.74, 6) is 0.